The second-order valence-electron chi connectivity index (χ2n) is 3.83. The predicted molar refractivity (Wildman–Crippen MR) is 56.9 cm³/mol. The van der Waals surface area contributed by atoms with Gasteiger partial charge < -0.3 is 10.0 Å². The minimum absolute atomic E-state index is 0.0186. The Kier molecular flexibility index (Phi) is 4.56. The van der Waals surface area contributed by atoms with Gasteiger partial charge in [-0.05, 0) is 24.3 Å². The number of rotatable bonds is 6. The molecule has 0 radical (unpaired) electrons. The Labute approximate surface area is 98.2 Å². The molecule has 8 nitrogen and oxygen atoms in total. The van der Waals surface area contributed by atoms with Crippen LogP contribution in [-0.2, 0) is 16.1 Å². The smallest absolute Gasteiger partial charge is 0.305 e. The van der Waals surface area contributed by atoms with Crippen LogP contribution in [0.25, 0.3) is 0 Å². The van der Waals surface area contributed by atoms with Crippen molar-refractivity contribution in [1.29, 1.82) is 0 Å². The normalized spacial score (nSPS) is 10.5. The van der Waals surface area contributed by atoms with Crippen LogP contribution in [0.2, 0.25) is 0 Å². The Morgan fingerprint density at radius 2 is 2.18 bits per heavy atom. The molecule has 17 heavy (non-hydrogen) atoms. The molecule has 1 heterocycles. The zero-order chi connectivity index (χ0) is 12.8. The van der Waals surface area contributed by atoms with Gasteiger partial charge in [-0.15, -0.1) is 5.10 Å². The Bertz CT molecular complexity index is 376. The SMILES string of the molecule is CC(C)N(CCC(=O)O)C(=O)Cn1cnnn1. The Hall–Kier alpha value is -1.99. The third-order valence-corrected chi connectivity index (χ3v) is 2.20. The van der Waals surface area contributed by atoms with Crippen LogP contribution in [-0.4, -0.2) is 54.7 Å². The van der Waals surface area contributed by atoms with Crippen LogP contribution in [0.15, 0.2) is 6.33 Å². The molecule has 0 aliphatic carbocycles. The van der Waals surface area contributed by atoms with Crippen molar-refractivity contribution in [3.63, 3.8) is 0 Å². The summed E-state index contributed by atoms with van der Waals surface area (Å²) in [5.41, 5.74) is 0. The molecule has 0 aromatic carbocycles. The lowest BCUT2D eigenvalue weighted by Crippen LogP contribution is -2.40. The van der Waals surface area contributed by atoms with Gasteiger partial charge in [-0.3, -0.25) is 9.59 Å². The van der Waals surface area contributed by atoms with E-state index in [0.717, 1.165) is 0 Å². The molecule has 0 spiro atoms. The number of hydrogen-bond donors (Lipinski definition) is 1. The summed E-state index contributed by atoms with van der Waals surface area (Å²) in [6, 6.07) is -0.0571. The molecule has 0 aliphatic rings. The van der Waals surface area contributed by atoms with Crippen molar-refractivity contribution in [2.75, 3.05) is 6.54 Å². The maximum absolute atomic E-state index is 11.9. The Morgan fingerprint density at radius 1 is 1.47 bits per heavy atom. The fraction of sp³-hybridized carbons (Fsp3) is 0.667. The molecule has 0 saturated carbocycles. The number of carboxylic acid groups (broad SMARTS) is 1. The predicted octanol–water partition coefficient (Wildman–Crippen LogP) is -0.615. The minimum Gasteiger partial charge on any atom is -0.481 e. The molecule has 0 unspecified atom stereocenters. The van der Waals surface area contributed by atoms with Crippen molar-refractivity contribution in [2.45, 2.75) is 32.9 Å². The topological polar surface area (TPSA) is 101 Å². The lowest BCUT2D eigenvalue weighted by atomic mass is 10.2. The summed E-state index contributed by atoms with van der Waals surface area (Å²) in [5.74, 6) is -1.13. The summed E-state index contributed by atoms with van der Waals surface area (Å²) in [5, 5.41) is 19.0. The second-order valence-corrected chi connectivity index (χ2v) is 3.83. The number of carbonyl (C=O) groups excluding carboxylic acids is 1. The summed E-state index contributed by atoms with van der Waals surface area (Å²) in [6.45, 7) is 3.87. The Morgan fingerprint density at radius 3 is 2.65 bits per heavy atom. The highest BCUT2D eigenvalue weighted by Gasteiger charge is 2.18. The maximum atomic E-state index is 11.9. The lowest BCUT2D eigenvalue weighted by molar-refractivity contribution is -0.139. The van der Waals surface area contributed by atoms with Gasteiger partial charge in [0.1, 0.15) is 12.9 Å². The van der Waals surface area contributed by atoms with Crippen molar-refractivity contribution >= 4 is 11.9 Å². The highest BCUT2D eigenvalue weighted by Crippen LogP contribution is 2.02. The molecule has 0 bridgehead atoms. The molecule has 8 heteroatoms. The van der Waals surface area contributed by atoms with E-state index in [1.165, 1.54) is 15.9 Å². The van der Waals surface area contributed by atoms with Crippen LogP contribution in [0, 0.1) is 0 Å². The van der Waals surface area contributed by atoms with E-state index in [-0.39, 0.29) is 31.5 Å². The summed E-state index contributed by atoms with van der Waals surface area (Å²) in [7, 11) is 0. The van der Waals surface area contributed by atoms with E-state index < -0.39 is 5.97 Å². The molecule has 0 aliphatic heterocycles. The molecule has 94 valence electrons. The van der Waals surface area contributed by atoms with Crippen molar-refractivity contribution in [3.05, 3.63) is 6.33 Å². The molecule has 1 rings (SSSR count). The molecule has 0 atom stereocenters. The summed E-state index contributed by atoms with van der Waals surface area (Å²) in [4.78, 5) is 23.9. The number of aromatic nitrogens is 4. The number of tetrazole rings is 1. The number of hydrogen-bond acceptors (Lipinski definition) is 5. The van der Waals surface area contributed by atoms with Crippen LogP contribution >= 0.6 is 0 Å². The van der Waals surface area contributed by atoms with Gasteiger partial charge in [-0.1, -0.05) is 0 Å². The van der Waals surface area contributed by atoms with Gasteiger partial charge in [-0.25, -0.2) is 4.68 Å². The van der Waals surface area contributed by atoms with Crippen LogP contribution in [0.5, 0.6) is 0 Å². The molecular weight excluding hydrogens is 226 g/mol. The van der Waals surface area contributed by atoms with Gasteiger partial charge in [0.05, 0.1) is 6.42 Å². The Balaban J connectivity index is 2.57. The fourth-order valence-corrected chi connectivity index (χ4v) is 1.37. The third-order valence-electron chi connectivity index (χ3n) is 2.20. The van der Waals surface area contributed by atoms with Crippen molar-refractivity contribution in [3.8, 4) is 0 Å². The van der Waals surface area contributed by atoms with Gasteiger partial charge in [0.25, 0.3) is 0 Å². The summed E-state index contributed by atoms with van der Waals surface area (Å²) in [6.07, 6.45) is 1.27. The quantitative estimate of drug-likeness (QED) is 0.712. The molecule has 1 aromatic heterocycles. The van der Waals surface area contributed by atoms with E-state index in [0.29, 0.717) is 0 Å². The lowest BCUT2D eigenvalue weighted by Gasteiger charge is -2.25. The van der Waals surface area contributed by atoms with E-state index in [9.17, 15) is 9.59 Å². The van der Waals surface area contributed by atoms with E-state index in [1.54, 1.807) is 0 Å². The monoisotopic (exact) mass is 241 g/mol. The van der Waals surface area contributed by atoms with E-state index in [2.05, 4.69) is 15.5 Å². The standard InChI is InChI=1S/C9H15N5O3/c1-7(2)14(4-3-9(16)17)8(15)5-13-6-10-11-12-13/h6-7H,3-5H2,1-2H3,(H,16,17). The van der Waals surface area contributed by atoms with E-state index in [4.69, 9.17) is 5.11 Å². The molecule has 1 N–H and O–H groups in total. The summed E-state index contributed by atoms with van der Waals surface area (Å²) < 4.78 is 1.30. The van der Waals surface area contributed by atoms with E-state index in [1.807, 2.05) is 13.8 Å². The highest BCUT2D eigenvalue weighted by atomic mass is 16.4. The van der Waals surface area contributed by atoms with Gasteiger partial charge >= 0.3 is 5.97 Å². The number of carbonyl (C=O) groups is 2. The first kappa shape index (κ1) is 13.1. The van der Waals surface area contributed by atoms with Crippen molar-refractivity contribution < 1.29 is 14.7 Å². The first-order valence-electron chi connectivity index (χ1n) is 5.22. The van der Waals surface area contributed by atoms with Gasteiger partial charge in [-0.2, -0.15) is 0 Å². The number of nitrogens with zero attached hydrogens (tertiary/aromatic N) is 5. The average molecular weight is 241 g/mol. The van der Waals surface area contributed by atoms with Gasteiger partial charge in [0, 0.05) is 12.6 Å². The average Bonchev–Trinajstić information content (AvgIpc) is 2.69. The maximum Gasteiger partial charge on any atom is 0.305 e. The highest BCUT2D eigenvalue weighted by molar-refractivity contribution is 5.77. The molecule has 1 aromatic rings. The fourth-order valence-electron chi connectivity index (χ4n) is 1.37. The number of amides is 1. The second kappa shape index (κ2) is 5.92. The first-order valence-corrected chi connectivity index (χ1v) is 5.22. The third kappa shape index (κ3) is 4.17. The van der Waals surface area contributed by atoms with Crippen molar-refractivity contribution in [1.82, 2.24) is 25.1 Å². The number of carboxylic acids is 1. The summed E-state index contributed by atoms with van der Waals surface area (Å²) >= 11 is 0. The largest absolute Gasteiger partial charge is 0.481 e. The molecule has 1 amide bonds. The molecule has 0 saturated heterocycles. The minimum atomic E-state index is -0.925. The van der Waals surface area contributed by atoms with Crippen LogP contribution in [0.3, 0.4) is 0 Å². The van der Waals surface area contributed by atoms with Gasteiger partial charge in [0.2, 0.25) is 5.91 Å². The van der Waals surface area contributed by atoms with Crippen LogP contribution in [0.1, 0.15) is 20.3 Å². The molecule has 0 fully saturated rings. The first-order chi connectivity index (χ1) is 8.00. The molecular formula is C9H15N5O3. The van der Waals surface area contributed by atoms with Crippen LogP contribution < -0.4 is 0 Å². The zero-order valence-electron chi connectivity index (χ0n) is 9.78. The van der Waals surface area contributed by atoms with Crippen LogP contribution in [0.4, 0.5) is 0 Å². The van der Waals surface area contributed by atoms with Gasteiger partial charge in [0.15, 0.2) is 0 Å². The van der Waals surface area contributed by atoms with Crippen molar-refractivity contribution in [2.24, 2.45) is 0 Å². The number of aliphatic carboxylic acids is 1. The zero-order valence-corrected chi connectivity index (χ0v) is 9.78. The van der Waals surface area contributed by atoms with E-state index >= 15 is 0 Å².